The van der Waals surface area contributed by atoms with Crippen LogP contribution in [0.3, 0.4) is 0 Å². The largest absolute Gasteiger partial charge is 0.377 e. The summed E-state index contributed by atoms with van der Waals surface area (Å²) in [4.78, 5) is 14.2. The Morgan fingerprint density at radius 1 is 1.43 bits per heavy atom. The molecule has 1 aromatic rings. The summed E-state index contributed by atoms with van der Waals surface area (Å²) >= 11 is 0. The SMILES string of the molecule is CCOC1CCCN(CCC(=O)c2cccc(F)c2F)C1. The second-order valence-electron chi connectivity index (χ2n) is 5.29. The Morgan fingerprint density at radius 3 is 3.00 bits per heavy atom. The molecule has 1 heterocycles. The number of ketones is 1. The lowest BCUT2D eigenvalue weighted by Gasteiger charge is -2.32. The summed E-state index contributed by atoms with van der Waals surface area (Å²) in [6, 6.07) is 3.71. The highest BCUT2D eigenvalue weighted by molar-refractivity contribution is 5.96. The summed E-state index contributed by atoms with van der Waals surface area (Å²) in [5, 5.41) is 0. The van der Waals surface area contributed by atoms with Crippen molar-refractivity contribution in [1.82, 2.24) is 4.90 Å². The van der Waals surface area contributed by atoms with Gasteiger partial charge in [-0.15, -0.1) is 0 Å². The summed E-state index contributed by atoms with van der Waals surface area (Å²) in [7, 11) is 0. The van der Waals surface area contributed by atoms with E-state index in [9.17, 15) is 13.6 Å². The molecule has 5 heteroatoms. The molecular weight excluding hydrogens is 276 g/mol. The number of rotatable bonds is 6. The molecule has 0 radical (unpaired) electrons. The third-order valence-electron chi connectivity index (χ3n) is 3.77. The number of likely N-dealkylation sites (tertiary alicyclic amines) is 1. The Balaban J connectivity index is 1.87. The van der Waals surface area contributed by atoms with Gasteiger partial charge in [-0.25, -0.2) is 8.78 Å². The maximum absolute atomic E-state index is 13.6. The van der Waals surface area contributed by atoms with E-state index in [-0.39, 0.29) is 23.9 Å². The molecule has 116 valence electrons. The highest BCUT2D eigenvalue weighted by atomic mass is 19.2. The first-order valence-electron chi connectivity index (χ1n) is 7.43. The molecule has 0 aliphatic carbocycles. The number of piperidine rings is 1. The molecule has 1 saturated heterocycles. The standard InChI is InChI=1S/C16H21F2NO2/c1-2-21-12-5-4-9-19(11-12)10-8-15(20)13-6-3-7-14(17)16(13)18/h3,6-7,12H,2,4-5,8-11H2,1H3. The molecule has 0 spiro atoms. The van der Waals surface area contributed by atoms with Crippen molar-refractivity contribution in [3.63, 3.8) is 0 Å². The molecule has 0 aromatic heterocycles. The van der Waals surface area contributed by atoms with E-state index >= 15 is 0 Å². The van der Waals surface area contributed by atoms with Crippen molar-refractivity contribution in [2.45, 2.75) is 32.3 Å². The van der Waals surface area contributed by atoms with Gasteiger partial charge < -0.3 is 9.64 Å². The number of Topliss-reactive ketones (excluding diaryl/α,β-unsaturated/α-hetero) is 1. The number of hydrogen-bond donors (Lipinski definition) is 0. The minimum Gasteiger partial charge on any atom is -0.377 e. The maximum Gasteiger partial charge on any atom is 0.169 e. The van der Waals surface area contributed by atoms with E-state index < -0.39 is 11.6 Å². The van der Waals surface area contributed by atoms with Gasteiger partial charge in [0.05, 0.1) is 11.7 Å². The summed E-state index contributed by atoms with van der Waals surface area (Å²) in [6.45, 7) is 4.93. The second kappa shape index (κ2) is 7.61. The zero-order valence-electron chi connectivity index (χ0n) is 12.3. The van der Waals surface area contributed by atoms with Crippen LogP contribution in [0.25, 0.3) is 0 Å². The number of carbonyl (C=O) groups is 1. The van der Waals surface area contributed by atoms with Gasteiger partial charge in [0.1, 0.15) is 0 Å². The highest BCUT2D eigenvalue weighted by Crippen LogP contribution is 2.16. The summed E-state index contributed by atoms with van der Waals surface area (Å²) < 4.78 is 32.3. The first-order valence-corrected chi connectivity index (χ1v) is 7.43. The van der Waals surface area contributed by atoms with Crippen LogP contribution in [0.5, 0.6) is 0 Å². The van der Waals surface area contributed by atoms with E-state index in [1.54, 1.807) is 0 Å². The van der Waals surface area contributed by atoms with Crippen molar-refractivity contribution in [3.8, 4) is 0 Å². The fraction of sp³-hybridized carbons (Fsp3) is 0.562. The Kier molecular flexibility index (Phi) is 5.82. The smallest absolute Gasteiger partial charge is 0.169 e. The van der Waals surface area contributed by atoms with Gasteiger partial charge in [-0.05, 0) is 38.4 Å². The Bertz CT molecular complexity index is 491. The predicted octanol–water partition coefficient (Wildman–Crippen LogP) is 3.04. The van der Waals surface area contributed by atoms with Crippen LogP contribution >= 0.6 is 0 Å². The molecule has 1 aliphatic heterocycles. The van der Waals surface area contributed by atoms with Crippen molar-refractivity contribution >= 4 is 5.78 Å². The molecular formula is C16H21F2NO2. The van der Waals surface area contributed by atoms with Crippen LogP contribution in [-0.2, 0) is 4.74 Å². The van der Waals surface area contributed by atoms with Crippen LogP contribution < -0.4 is 0 Å². The topological polar surface area (TPSA) is 29.5 Å². The molecule has 1 atom stereocenters. The summed E-state index contributed by atoms with van der Waals surface area (Å²) in [6.07, 6.45) is 2.48. The van der Waals surface area contributed by atoms with Crippen molar-refractivity contribution in [3.05, 3.63) is 35.4 Å². The Hall–Kier alpha value is -1.33. The van der Waals surface area contributed by atoms with Crippen LogP contribution in [0.1, 0.15) is 36.5 Å². The van der Waals surface area contributed by atoms with Gasteiger partial charge in [-0.2, -0.15) is 0 Å². The Labute approximate surface area is 123 Å². The number of benzene rings is 1. The lowest BCUT2D eigenvalue weighted by Crippen LogP contribution is -2.40. The number of carbonyl (C=O) groups excluding carboxylic acids is 1. The summed E-state index contributed by atoms with van der Waals surface area (Å²) in [5.41, 5.74) is -0.159. The predicted molar refractivity (Wildman–Crippen MR) is 76.4 cm³/mol. The third kappa shape index (κ3) is 4.32. The molecule has 0 bridgehead atoms. The van der Waals surface area contributed by atoms with Crippen LogP contribution in [0.15, 0.2) is 18.2 Å². The second-order valence-corrected chi connectivity index (χ2v) is 5.29. The molecule has 1 aromatic carbocycles. The van der Waals surface area contributed by atoms with E-state index in [1.165, 1.54) is 12.1 Å². The van der Waals surface area contributed by atoms with E-state index in [2.05, 4.69) is 4.90 Å². The van der Waals surface area contributed by atoms with Gasteiger partial charge in [-0.1, -0.05) is 6.07 Å². The van der Waals surface area contributed by atoms with Gasteiger partial charge in [0.25, 0.3) is 0 Å². The van der Waals surface area contributed by atoms with Gasteiger partial charge in [-0.3, -0.25) is 4.79 Å². The third-order valence-corrected chi connectivity index (χ3v) is 3.77. The first kappa shape index (κ1) is 16.0. The zero-order chi connectivity index (χ0) is 15.2. The number of hydrogen-bond acceptors (Lipinski definition) is 3. The first-order chi connectivity index (χ1) is 10.1. The molecule has 0 saturated carbocycles. The number of ether oxygens (including phenoxy) is 1. The lowest BCUT2D eigenvalue weighted by molar-refractivity contribution is 0.00588. The molecule has 1 fully saturated rings. The molecule has 1 aliphatic rings. The van der Waals surface area contributed by atoms with E-state index in [0.29, 0.717) is 13.2 Å². The van der Waals surface area contributed by atoms with E-state index in [0.717, 1.165) is 32.0 Å². The Morgan fingerprint density at radius 2 is 2.24 bits per heavy atom. The minimum absolute atomic E-state index is 0.159. The highest BCUT2D eigenvalue weighted by Gasteiger charge is 2.21. The number of halogens is 2. The zero-order valence-corrected chi connectivity index (χ0v) is 12.3. The van der Waals surface area contributed by atoms with Gasteiger partial charge in [0, 0.05) is 26.1 Å². The lowest BCUT2D eigenvalue weighted by atomic mass is 10.0. The van der Waals surface area contributed by atoms with Crippen molar-refractivity contribution in [1.29, 1.82) is 0 Å². The molecule has 1 unspecified atom stereocenters. The maximum atomic E-state index is 13.6. The average molecular weight is 297 g/mol. The molecule has 2 rings (SSSR count). The summed E-state index contributed by atoms with van der Waals surface area (Å²) in [5.74, 6) is -2.38. The fourth-order valence-corrected chi connectivity index (χ4v) is 2.70. The molecule has 3 nitrogen and oxygen atoms in total. The molecule has 0 N–H and O–H groups in total. The van der Waals surface area contributed by atoms with E-state index in [1.807, 2.05) is 6.92 Å². The van der Waals surface area contributed by atoms with Crippen LogP contribution in [0.2, 0.25) is 0 Å². The molecule has 0 amide bonds. The van der Waals surface area contributed by atoms with Gasteiger partial charge in [0.15, 0.2) is 17.4 Å². The van der Waals surface area contributed by atoms with E-state index in [4.69, 9.17) is 4.74 Å². The van der Waals surface area contributed by atoms with Crippen LogP contribution in [-0.4, -0.2) is 43.0 Å². The van der Waals surface area contributed by atoms with Gasteiger partial charge in [0.2, 0.25) is 0 Å². The number of nitrogens with zero attached hydrogens (tertiary/aromatic N) is 1. The van der Waals surface area contributed by atoms with Crippen molar-refractivity contribution in [2.75, 3.05) is 26.2 Å². The molecule has 21 heavy (non-hydrogen) atoms. The van der Waals surface area contributed by atoms with Crippen molar-refractivity contribution in [2.24, 2.45) is 0 Å². The average Bonchev–Trinajstić information content (AvgIpc) is 2.48. The monoisotopic (exact) mass is 297 g/mol. The quantitative estimate of drug-likeness (QED) is 0.756. The van der Waals surface area contributed by atoms with Gasteiger partial charge >= 0.3 is 0 Å². The minimum atomic E-state index is -1.05. The normalized spacial score (nSPS) is 19.7. The van der Waals surface area contributed by atoms with Crippen LogP contribution in [0, 0.1) is 11.6 Å². The van der Waals surface area contributed by atoms with Crippen molar-refractivity contribution < 1.29 is 18.3 Å². The van der Waals surface area contributed by atoms with Crippen LogP contribution in [0.4, 0.5) is 8.78 Å². The fourth-order valence-electron chi connectivity index (χ4n) is 2.70.